The molecule has 114 valence electrons. The largest absolute Gasteiger partial charge is 0.451 e. The predicted octanol–water partition coefficient (Wildman–Crippen LogP) is 2.84. The first-order chi connectivity index (χ1) is 10.4. The summed E-state index contributed by atoms with van der Waals surface area (Å²) in [6.45, 7) is 3.24. The number of benzene rings is 1. The van der Waals surface area contributed by atoms with Crippen LogP contribution in [0.2, 0.25) is 0 Å². The molecule has 1 heterocycles. The van der Waals surface area contributed by atoms with Crippen LogP contribution >= 0.6 is 0 Å². The van der Waals surface area contributed by atoms with E-state index in [0.717, 1.165) is 23.3 Å². The molecule has 7 heteroatoms. The Labute approximate surface area is 125 Å². The third-order valence-corrected chi connectivity index (χ3v) is 2.99. The van der Waals surface area contributed by atoms with Gasteiger partial charge in [0, 0.05) is 5.56 Å². The zero-order valence-corrected chi connectivity index (χ0v) is 12.0. The number of aryl methyl sites for hydroxylation is 2. The van der Waals surface area contributed by atoms with E-state index in [1.165, 1.54) is 0 Å². The average molecular weight is 303 g/mol. The molecule has 0 unspecified atom stereocenters. The Hall–Kier alpha value is -2.96. The van der Waals surface area contributed by atoms with E-state index in [9.17, 15) is 19.7 Å². The van der Waals surface area contributed by atoms with Gasteiger partial charge in [0.2, 0.25) is 11.5 Å². The monoisotopic (exact) mass is 303 g/mol. The van der Waals surface area contributed by atoms with E-state index in [-0.39, 0.29) is 11.5 Å². The maximum atomic E-state index is 12.0. The van der Waals surface area contributed by atoms with Gasteiger partial charge in [-0.25, -0.2) is 4.79 Å². The number of carbonyl (C=O) groups is 2. The maximum Gasteiger partial charge on any atom is 0.433 e. The molecule has 7 nitrogen and oxygen atoms in total. The lowest BCUT2D eigenvalue weighted by Gasteiger charge is -2.06. The minimum absolute atomic E-state index is 0.319. The zero-order chi connectivity index (χ0) is 16.3. The fourth-order valence-corrected chi connectivity index (χ4v) is 1.94. The summed E-state index contributed by atoms with van der Waals surface area (Å²) in [6, 6.07) is 7.48. The summed E-state index contributed by atoms with van der Waals surface area (Å²) in [5.41, 5.74) is 2.27. The highest BCUT2D eigenvalue weighted by Crippen LogP contribution is 2.17. The van der Waals surface area contributed by atoms with Crippen molar-refractivity contribution in [3.8, 4) is 0 Å². The van der Waals surface area contributed by atoms with Gasteiger partial charge in [0.05, 0.1) is 6.07 Å². The summed E-state index contributed by atoms with van der Waals surface area (Å²) in [4.78, 5) is 33.4. The molecule has 0 radical (unpaired) electrons. The van der Waals surface area contributed by atoms with Crippen LogP contribution in [0.3, 0.4) is 0 Å². The van der Waals surface area contributed by atoms with Crippen molar-refractivity contribution in [2.75, 3.05) is 6.61 Å². The number of ketones is 1. The molecule has 0 bridgehead atoms. The van der Waals surface area contributed by atoms with Gasteiger partial charge >= 0.3 is 11.9 Å². The highest BCUT2D eigenvalue weighted by molar-refractivity contribution is 6.00. The molecule has 22 heavy (non-hydrogen) atoms. The van der Waals surface area contributed by atoms with Crippen LogP contribution in [-0.2, 0) is 4.74 Å². The molecule has 0 atom stereocenters. The standard InChI is InChI=1S/C15H13NO6/c1-9-3-4-11(10(2)7-9)12(17)8-21-15(18)13-5-6-14(22-13)16(19)20/h3-7H,8H2,1-2H3. The van der Waals surface area contributed by atoms with E-state index < -0.39 is 23.4 Å². The van der Waals surface area contributed by atoms with Gasteiger partial charge in [-0.1, -0.05) is 23.8 Å². The minimum Gasteiger partial charge on any atom is -0.451 e. The lowest BCUT2D eigenvalue weighted by Crippen LogP contribution is -2.14. The Balaban J connectivity index is 2.01. The molecule has 2 aromatic rings. The van der Waals surface area contributed by atoms with Crippen LogP contribution in [0.4, 0.5) is 5.88 Å². The first-order valence-electron chi connectivity index (χ1n) is 6.40. The Morgan fingerprint density at radius 2 is 1.95 bits per heavy atom. The van der Waals surface area contributed by atoms with Crippen molar-refractivity contribution in [2.45, 2.75) is 13.8 Å². The number of Topliss-reactive ketones (excluding diaryl/α,β-unsaturated/α-hetero) is 1. The third-order valence-electron chi connectivity index (χ3n) is 2.99. The number of nitro groups is 1. The van der Waals surface area contributed by atoms with Gasteiger partial charge in [-0.15, -0.1) is 0 Å². The van der Waals surface area contributed by atoms with Crippen molar-refractivity contribution in [1.29, 1.82) is 0 Å². The van der Waals surface area contributed by atoms with Gasteiger partial charge in [0.15, 0.2) is 6.61 Å². The highest BCUT2D eigenvalue weighted by Gasteiger charge is 2.20. The van der Waals surface area contributed by atoms with Crippen molar-refractivity contribution < 1.29 is 23.7 Å². The molecule has 2 rings (SSSR count). The van der Waals surface area contributed by atoms with Crippen LogP contribution in [0.15, 0.2) is 34.7 Å². The van der Waals surface area contributed by atoms with E-state index in [2.05, 4.69) is 0 Å². The number of hydrogen-bond donors (Lipinski definition) is 0. The van der Waals surface area contributed by atoms with E-state index >= 15 is 0 Å². The molecular formula is C15H13NO6. The molecule has 0 spiro atoms. The van der Waals surface area contributed by atoms with Crippen LogP contribution in [0.25, 0.3) is 0 Å². The van der Waals surface area contributed by atoms with E-state index in [1.54, 1.807) is 19.1 Å². The summed E-state index contributed by atoms with van der Waals surface area (Å²) >= 11 is 0. The van der Waals surface area contributed by atoms with Crippen molar-refractivity contribution in [3.63, 3.8) is 0 Å². The van der Waals surface area contributed by atoms with Crippen molar-refractivity contribution >= 4 is 17.6 Å². The summed E-state index contributed by atoms with van der Waals surface area (Å²) in [5.74, 6) is -2.16. The molecular weight excluding hydrogens is 290 g/mol. The zero-order valence-electron chi connectivity index (χ0n) is 12.0. The van der Waals surface area contributed by atoms with Crippen LogP contribution < -0.4 is 0 Å². The fourth-order valence-electron chi connectivity index (χ4n) is 1.94. The molecule has 0 aliphatic carbocycles. The topological polar surface area (TPSA) is 99.7 Å². The summed E-state index contributed by atoms with van der Waals surface area (Å²) in [7, 11) is 0. The minimum atomic E-state index is -0.925. The van der Waals surface area contributed by atoms with Crippen LogP contribution in [0.1, 0.15) is 32.0 Å². The van der Waals surface area contributed by atoms with Crippen LogP contribution in [0, 0.1) is 24.0 Å². The Bertz CT molecular complexity index is 746. The van der Waals surface area contributed by atoms with Gasteiger partial charge in [-0.2, -0.15) is 0 Å². The molecule has 0 aliphatic heterocycles. The average Bonchev–Trinajstić information content (AvgIpc) is 2.94. The molecule has 1 aromatic carbocycles. The van der Waals surface area contributed by atoms with Crippen molar-refractivity contribution in [2.24, 2.45) is 0 Å². The van der Waals surface area contributed by atoms with Gasteiger partial charge < -0.3 is 9.15 Å². The molecule has 0 fully saturated rings. The fraction of sp³-hybridized carbons (Fsp3) is 0.200. The lowest BCUT2D eigenvalue weighted by molar-refractivity contribution is -0.402. The quantitative estimate of drug-likeness (QED) is 0.364. The Morgan fingerprint density at radius 1 is 1.23 bits per heavy atom. The van der Waals surface area contributed by atoms with Gasteiger partial charge in [-0.3, -0.25) is 14.9 Å². The summed E-state index contributed by atoms with van der Waals surface area (Å²) in [5, 5.41) is 10.5. The second kappa shape index (κ2) is 6.21. The van der Waals surface area contributed by atoms with Crippen molar-refractivity contribution in [3.05, 3.63) is 62.9 Å². The second-order valence-corrected chi connectivity index (χ2v) is 4.71. The summed E-state index contributed by atoms with van der Waals surface area (Å²) < 4.78 is 9.52. The molecule has 0 amide bonds. The number of nitrogens with zero attached hydrogens (tertiary/aromatic N) is 1. The number of carbonyl (C=O) groups excluding carboxylic acids is 2. The summed E-state index contributed by atoms with van der Waals surface area (Å²) in [6.07, 6.45) is 0. The van der Waals surface area contributed by atoms with E-state index in [0.29, 0.717) is 5.56 Å². The normalized spacial score (nSPS) is 10.3. The van der Waals surface area contributed by atoms with E-state index in [4.69, 9.17) is 9.15 Å². The number of ether oxygens (including phenoxy) is 1. The van der Waals surface area contributed by atoms with E-state index in [1.807, 2.05) is 13.0 Å². The highest BCUT2D eigenvalue weighted by atomic mass is 16.7. The van der Waals surface area contributed by atoms with Crippen molar-refractivity contribution in [1.82, 2.24) is 0 Å². The molecule has 0 saturated carbocycles. The number of rotatable bonds is 5. The molecule has 0 aliphatic rings. The van der Waals surface area contributed by atoms with Gasteiger partial charge in [0.1, 0.15) is 4.92 Å². The molecule has 0 N–H and O–H groups in total. The first kappa shape index (κ1) is 15.4. The maximum absolute atomic E-state index is 12.0. The predicted molar refractivity (Wildman–Crippen MR) is 75.9 cm³/mol. The number of esters is 1. The van der Waals surface area contributed by atoms with Crippen LogP contribution in [-0.4, -0.2) is 23.3 Å². The number of furan rings is 1. The molecule has 0 saturated heterocycles. The second-order valence-electron chi connectivity index (χ2n) is 4.71. The smallest absolute Gasteiger partial charge is 0.433 e. The van der Waals surface area contributed by atoms with Crippen LogP contribution in [0.5, 0.6) is 0 Å². The third kappa shape index (κ3) is 3.38. The first-order valence-corrected chi connectivity index (χ1v) is 6.40. The SMILES string of the molecule is Cc1ccc(C(=O)COC(=O)c2ccc([N+](=O)[O-])o2)c(C)c1. The molecule has 1 aromatic heterocycles. The van der Waals surface area contributed by atoms with Gasteiger partial charge in [-0.05, 0) is 25.5 Å². The Kier molecular flexibility index (Phi) is 4.36. The lowest BCUT2D eigenvalue weighted by atomic mass is 10.0. The Morgan fingerprint density at radius 3 is 2.55 bits per heavy atom. The number of hydrogen-bond acceptors (Lipinski definition) is 6. The van der Waals surface area contributed by atoms with Gasteiger partial charge in [0.25, 0.3) is 0 Å².